The highest BCUT2D eigenvalue weighted by Crippen LogP contribution is 2.09. The number of carboxylic acid groups (broad SMARTS) is 1. The number of aliphatic carboxylic acids is 1. The molecule has 8 nitrogen and oxygen atoms in total. The van der Waals surface area contributed by atoms with Gasteiger partial charge in [0.05, 0.1) is 0 Å². The van der Waals surface area contributed by atoms with E-state index in [1.165, 1.54) is 12.1 Å². The van der Waals surface area contributed by atoms with Gasteiger partial charge in [0.2, 0.25) is 0 Å². The Morgan fingerprint density at radius 3 is 2.45 bits per heavy atom. The number of amides is 1. The summed E-state index contributed by atoms with van der Waals surface area (Å²) in [6, 6.07) is 2.08. The number of carbonyl (C=O) groups is 2. The second-order valence-electron chi connectivity index (χ2n) is 4.65. The Hall–Kier alpha value is -2.22. The van der Waals surface area contributed by atoms with E-state index in [1.807, 2.05) is 4.90 Å². The van der Waals surface area contributed by atoms with Gasteiger partial charge in [-0.2, -0.15) is 5.10 Å². The van der Waals surface area contributed by atoms with E-state index in [2.05, 4.69) is 10.2 Å². The summed E-state index contributed by atoms with van der Waals surface area (Å²) in [5.74, 6) is -1.13. The first kappa shape index (κ1) is 14.2. The highest BCUT2D eigenvalue weighted by Gasteiger charge is 2.28. The van der Waals surface area contributed by atoms with Crippen LogP contribution in [0.2, 0.25) is 0 Å². The average molecular weight is 280 g/mol. The van der Waals surface area contributed by atoms with Crippen molar-refractivity contribution in [3.8, 4) is 0 Å². The van der Waals surface area contributed by atoms with Gasteiger partial charge in [0.1, 0.15) is 11.7 Å². The first-order valence-corrected chi connectivity index (χ1v) is 6.31. The predicted octanol–water partition coefficient (Wildman–Crippen LogP) is -0.999. The molecule has 0 aliphatic carbocycles. The third kappa shape index (κ3) is 3.02. The van der Waals surface area contributed by atoms with Gasteiger partial charge in [0.25, 0.3) is 11.5 Å². The van der Waals surface area contributed by atoms with Gasteiger partial charge in [-0.25, -0.2) is 5.10 Å². The molecule has 1 saturated heterocycles. The predicted molar refractivity (Wildman–Crippen MR) is 69.4 cm³/mol. The van der Waals surface area contributed by atoms with Crippen molar-refractivity contribution in [2.45, 2.75) is 13.0 Å². The lowest BCUT2D eigenvalue weighted by molar-refractivity contribution is -0.143. The third-order valence-electron chi connectivity index (χ3n) is 3.40. The maximum atomic E-state index is 12.1. The molecule has 2 rings (SSSR count). The summed E-state index contributed by atoms with van der Waals surface area (Å²) in [5.41, 5.74) is -0.175. The number of hydrogen-bond acceptors (Lipinski definition) is 5. The molecule has 0 saturated carbocycles. The normalized spacial score (nSPS) is 17.8. The Labute approximate surface area is 115 Å². The zero-order chi connectivity index (χ0) is 14.7. The zero-order valence-corrected chi connectivity index (χ0v) is 11.1. The summed E-state index contributed by atoms with van der Waals surface area (Å²) < 4.78 is 0. The number of rotatable bonds is 3. The standard InChI is InChI=1S/C12H16N4O4/c1-8(12(19)20)15-4-6-16(7-5-15)11(18)9-2-3-10(17)14-13-9/h2-3,8H,4-7H2,1H3,(H,14,17)(H,19,20). The number of hydrogen-bond donors (Lipinski definition) is 2. The zero-order valence-electron chi connectivity index (χ0n) is 11.1. The number of carbonyl (C=O) groups excluding carboxylic acids is 1. The fourth-order valence-electron chi connectivity index (χ4n) is 2.09. The van der Waals surface area contributed by atoms with Crippen LogP contribution in [0.15, 0.2) is 16.9 Å². The molecule has 1 aliphatic heterocycles. The van der Waals surface area contributed by atoms with Gasteiger partial charge < -0.3 is 10.0 Å². The van der Waals surface area contributed by atoms with Crippen LogP contribution in [0.3, 0.4) is 0 Å². The molecular weight excluding hydrogens is 264 g/mol. The summed E-state index contributed by atoms with van der Waals surface area (Å²) in [6.45, 7) is 3.52. The van der Waals surface area contributed by atoms with E-state index in [9.17, 15) is 14.4 Å². The molecule has 2 heterocycles. The minimum atomic E-state index is -0.868. The van der Waals surface area contributed by atoms with E-state index in [4.69, 9.17) is 5.11 Å². The van der Waals surface area contributed by atoms with Gasteiger partial charge in [0, 0.05) is 32.2 Å². The maximum absolute atomic E-state index is 12.1. The lowest BCUT2D eigenvalue weighted by atomic mass is 10.2. The van der Waals surface area contributed by atoms with E-state index in [1.54, 1.807) is 11.8 Å². The fourth-order valence-corrected chi connectivity index (χ4v) is 2.09. The summed E-state index contributed by atoms with van der Waals surface area (Å²) in [7, 11) is 0. The van der Waals surface area contributed by atoms with Gasteiger partial charge >= 0.3 is 5.97 Å². The Morgan fingerprint density at radius 2 is 1.95 bits per heavy atom. The molecule has 0 bridgehead atoms. The Balaban J connectivity index is 1.97. The maximum Gasteiger partial charge on any atom is 0.320 e. The van der Waals surface area contributed by atoms with Crippen molar-refractivity contribution in [3.05, 3.63) is 28.2 Å². The highest BCUT2D eigenvalue weighted by molar-refractivity contribution is 5.92. The average Bonchev–Trinajstić information content (AvgIpc) is 2.46. The lowest BCUT2D eigenvalue weighted by Crippen LogP contribution is -2.53. The molecule has 1 aromatic heterocycles. The van der Waals surface area contributed by atoms with Crippen LogP contribution < -0.4 is 5.56 Å². The third-order valence-corrected chi connectivity index (χ3v) is 3.40. The Kier molecular flexibility index (Phi) is 4.14. The second kappa shape index (κ2) is 5.83. The molecule has 1 aromatic rings. The molecule has 20 heavy (non-hydrogen) atoms. The lowest BCUT2D eigenvalue weighted by Gasteiger charge is -2.36. The van der Waals surface area contributed by atoms with Crippen molar-refractivity contribution >= 4 is 11.9 Å². The number of carboxylic acids is 1. The number of nitrogens with zero attached hydrogens (tertiary/aromatic N) is 3. The minimum Gasteiger partial charge on any atom is -0.480 e. The largest absolute Gasteiger partial charge is 0.480 e. The molecular formula is C12H16N4O4. The van der Waals surface area contributed by atoms with Gasteiger partial charge in [-0.05, 0) is 13.0 Å². The smallest absolute Gasteiger partial charge is 0.320 e. The van der Waals surface area contributed by atoms with Gasteiger partial charge in [-0.1, -0.05) is 0 Å². The van der Waals surface area contributed by atoms with Crippen LogP contribution in [0.5, 0.6) is 0 Å². The van der Waals surface area contributed by atoms with E-state index < -0.39 is 12.0 Å². The molecule has 8 heteroatoms. The molecule has 1 aliphatic rings. The van der Waals surface area contributed by atoms with Gasteiger partial charge in [-0.3, -0.25) is 19.3 Å². The summed E-state index contributed by atoms with van der Waals surface area (Å²) in [6.07, 6.45) is 0. The molecule has 1 amide bonds. The number of aromatic nitrogens is 2. The molecule has 0 aromatic carbocycles. The number of H-pyrrole nitrogens is 1. The molecule has 1 atom stereocenters. The monoisotopic (exact) mass is 280 g/mol. The first-order chi connectivity index (χ1) is 9.49. The topological polar surface area (TPSA) is 107 Å². The molecule has 2 N–H and O–H groups in total. The van der Waals surface area contributed by atoms with Crippen LogP contribution in [-0.2, 0) is 4.79 Å². The van der Waals surface area contributed by atoms with E-state index in [0.29, 0.717) is 26.2 Å². The molecule has 0 spiro atoms. The van der Waals surface area contributed by atoms with Gasteiger partial charge in [0.15, 0.2) is 0 Å². The van der Waals surface area contributed by atoms with Crippen LogP contribution in [0.25, 0.3) is 0 Å². The number of nitrogens with one attached hydrogen (secondary N) is 1. The summed E-state index contributed by atoms with van der Waals surface area (Å²) in [4.78, 5) is 37.3. The molecule has 0 radical (unpaired) electrons. The van der Waals surface area contributed by atoms with Crippen molar-refractivity contribution in [1.82, 2.24) is 20.0 Å². The number of piperazine rings is 1. The van der Waals surface area contributed by atoms with E-state index in [0.717, 1.165) is 0 Å². The SMILES string of the molecule is CC(C(=O)O)N1CCN(C(=O)c2ccc(=O)[nH]n2)CC1. The van der Waals surface area contributed by atoms with Crippen molar-refractivity contribution in [2.24, 2.45) is 0 Å². The number of aromatic amines is 1. The Bertz CT molecular complexity index is 542. The van der Waals surface area contributed by atoms with Crippen molar-refractivity contribution in [2.75, 3.05) is 26.2 Å². The highest BCUT2D eigenvalue weighted by atomic mass is 16.4. The van der Waals surface area contributed by atoms with Crippen LogP contribution in [0.4, 0.5) is 0 Å². The van der Waals surface area contributed by atoms with Crippen LogP contribution in [0.1, 0.15) is 17.4 Å². The van der Waals surface area contributed by atoms with Crippen LogP contribution in [0, 0.1) is 0 Å². The second-order valence-corrected chi connectivity index (χ2v) is 4.65. The van der Waals surface area contributed by atoms with Crippen LogP contribution >= 0.6 is 0 Å². The molecule has 1 fully saturated rings. The van der Waals surface area contributed by atoms with Crippen LogP contribution in [-0.4, -0.2) is 69.2 Å². The summed E-state index contributed by atoms with van der Waals surface area (Å²) >= 11 is 0. The molecule has 108 valence electrons. The first-order valence-electron chi connectivity index (χ1n) is 6.31. The Morgan fingerprint density at radius 1 is 1.30 bits per heavy atom. The van der Waals surface area contributed by atoms with Crippen molar-refractivity contribution < 1.29 is 14.7 Å². The van der Waals surface area contributed by atoms with Crippen molar-refractivity contribution in [1.29, 1.82) is 0 Å². The fraction of sp³-hybridized carbons (Fsp3) is 0.500. The van der Waals surface area contributed by atoms with Crippen molar-refractivity contribution in [3.63, 3.8) is 0 Å². The van der Waals surface area contributed by atoms with E-state index >= 15 is 0 Å². The molecule has 1 unspecified atom stereocenters. The summed E-state index contributed by atoms with van der Waals surface area (Å²) in [5, 5.41) is 14.9. The van der Waals surface area contributed by atoms with E-state index in [-0.39, 0.29) is 17.2 Å². The minimum absolute atomic E-state index is 0.185. The van der Waals surface area contributed by atoms with Gasteiger partial charge in [-0.15, -0.1) is 0 Å². The quantitative estimate of drug-likeness (QED) is 0.735.